The molecular formula is C36H28Br2Cl2FN5O6. The van der Waals surface area contributed by atoms with E-state index >= 15 is 0 Å². The minimum atomic E-state index is -0.523. The SMILES string of the molecule is COc1cc2ncnc(Nc3ccc(F)c(Cl)c3)c2cc1OCCOCCNC(=O)COc1c(Br)cc(/C=C2\C(=O)Nc3ccc(Cl)cc32)cc1Br. The highest BCUT2D eigenvalue weighted by molar-refractivity contribution is 9.11. The molecule has 52 heavy (non-hydrogen) atoms. The van der Waals surface area contributed by atoms with Gasteiger partial charge in [-0.2, -0.15) is 0 Å². The lowest BCUT2D eigenvalue weighted by atomic mass is 10.0. The zero-order chi connectivity index (χ0) is 36.8. The van der Waals surface area contributed by atoms with Crippen LogP contribution in [-0.2, 0) is 14.3 Å². The van der Waals surface area contributed by atoms with Crippen molar-refractivity contribution in [1.82, 2.24) is 15.3 Å². The molecule has 3 N–H and O–H groups in total. The third-order valence-corrected chi connectivity index (χ3v) is 9.30. The van der Waals surface area contributed by atoms with E-state index in [1.54, 1.807) is 54.6 Å². The molecule has 0 radical (unpaired) electrons. The minimum absolute atomic E-state index is 0.0176. The Kier molecular flexibility index (Phi) is 12.1. The molecule has 0 spiro atoms. The highest BCUT2D eigenvalue weighted by Gasteiger charge is 2.24. The zero-order valence-corrected chi connectivity index (χ0v) is 31.9. The quantitative estimate of drug-likeness (QED) is 0.0743. The first-order valence-corrected chi connectivity index (χ1v) is 17.9. The first kappa shape index (κ1) is 37.3. The summed E-state index contributed by atoms with van der Waals surface area (Å²) in [6, 6.07) is 16.5. The largest absolute Gasteiger partial charge is 0.493 e. The number of amides is 2. The van der Waals surface area contributed by atoms with Gasteiger partial charge >= 0.3 is 0 Å². The molecule has 0 aliphatic carbocycles. The Labute approximate surface area is 324 Å². The second kappa shape index (κ2) is 16.9. The Morgan fingerprint density at radius 2 is 1.77 bits per heavy atom. The molecule has 268 valence electrons. The van der Waals surface area contributed by atoms with Gasteiger partial charge in [-0.25, -0.2) is 14.4 Å². The van der Waals surface area contributed by atoms with Crippen molar-refractivity contribution in [3.05, 3.63) is 103 Å². The maximum absolute atomic E-state index is 13.6. The summed E-state index contributed by atoms with van der Waals surface area (Å²) in [5.41, 5.74) is 3.79. The van der Waals surface area contributed by atoms with Crippen molar-refractivity contribution in [2.45, 2.75) is 0 Å². The molecule has 6 rings (SSSR count). The van der Waals surface area contributed by atoms with E-state index in [1.165, 1.54) is 25.6 Å². The Hall–Kier alpha value is -4.47. The third-order valence-electron chi connectivity index (χ3n) is 7.60. The summed E-state index contributed by atoms with van der Waals surface area (Å²) in [7, 11) is 1.52. The van der Waals surface area contributed by atoms with Crippen LogP contribution in [0.2, 0.25) is 10.0 Å². The number of halogens is 5. The lowest BCUT2D eigenvalue weighted by Crippen LogP contribution is -2.32. The van der Waals surface area contributed by atoms with Gasteiger partial charge in [0, 0.05) is 45.5 Å². The van der Waals surface area contributed by atoms with E-state index < -0.39 is 5.82 Å². The first-order valence-electron chi connectivity index (χ1n) is 15.6. The van der Waals surface area contributed by atoms with Crippen molar-refractivity contribution in [3.8, 4) is 17.2 Å². The standard InChI is InChI=1S/C36H28Br2Cl2FN5O6/c1-49-31-16-30-24(35(44-18-43-30)45-21-3-4-28(41)27(40)14-21)15-32(31)51-9-8-50-7-6-42-33(47)17-52-34-25(37)11-19(12-26(34)38)10-23-22-13-20(39)2-5-29(22)46-36(23)48/h2-5,10-16,18H,6-9,17H2,1H3,(H,42,47)(H,46,48)(H,43,44,45)/b23-10-. The maximum atomic E-state index is 13.6. The Morgan fingerprint density at radius 1 is 0.962 bits per heavy atom. The Bertz CT molecular complexity index is 2190. The molecule has 11 nitrogen and oxygen atoms in total. The van der Waals surface area contributed by atoms with Crippen LogP contribution in [0.1, 0.15) is 11.1 Å². The number of nitrogens with zero attached hydrogens (tertiary/aromatic N) is 2. The highest BCUT2D eigenvalue weighted by Crippen LogP contribution is 2.39. The molecule has 1 aromatic heterocycles. The van der Waals surface area contributed by atoms with Crippen LogP contribution in [0, 0.1) is 5.82 Å². The van der Waals surface area contributed by atoms with Crippen LogP contribution in [0.4, 0.5) is 21.6 Å². The van der Waals surface area contributed by atoms with Crippen LogP contribution in [0.3, 0.4) is 0 Å². The fourth-order valence-electron chi connectivity index (χ4n) is 5.18. The van der Waals surface area contributed by atoms with Gasteiger partial charge in [0.15, 0.2) is 18.1 Å². The minimum Gasteiger partial charge on any atom is -0.493 e. The van der Waals surface area contributed by atoms with Gasteiger partial charge in [-0.3, -0.25) is 9.59 Å². The lowest BCUT2D eigenvalue weighted by Gasteiger charge is -2.14. The van der Waals surface area contributed by atoms with E-state index in [0.29, 0.717) is 64.9 Å². The van der Waals surface area contributed by atoms with Crippen molar-refractivity contribution < 1.29 is 32.9 Å². The Morgan fingerprint density at radius 3 is 2.54 bits per heavy atom. The summed E-state index contributed by atoms with van der Waals surface area (Å²) >= 11 is 19.1. The third kappa shape index (κ3) is 8.93. The predicted octanol–water partition coefficient (Wildman–Crippen LogP) is 8.44. The fraction of sp³-hybridized carbons (Fsp3) is 0.167. The van der Waals surface area contributed by atoms with Crippen LogP contribution in [-0.4, -0.2) is 61.9 Å². The average Bonchev–Trinajstić information content (AvgIpc) is 3.42. The number of carbonyl (C=O) groups is 2. The summed E-state index contributed by atoms with van der Waals surface area (Å²) in [6.07, 6.45) is 3.16. The number of ether oxygens (including phenoxy) is 4. The molecule has 2 heterocycles. The molecule has 5 aromatic rings. The van der Waals surface area contributed by atoms with Gasteiger partial charge < -0.3 is 34.9 Å². The van der Waals surface area contributed by atoms with Crippen LogP contribution < -0.4 is 30.2 Å². The van der Waals surface area contributed by atoms with Crippen LogP contribution in [0.25, 0.3) is 22.6 Å². The summed E-state index contributed by atoms with van der Waals surface area (Å²) in [5, 5.41) is 9.88. The fourth-order valence-corrected chi connectivity index (χ4v) is 6.98. The molecule has 16 heteroatoms. The summed E-state index contributed by atoms with van der Waals surface area (Å²) in [5.74, 6) is 0.733. The number of methoxy groups -OCH3 is 1. The molecule has 0 saturated carbocycles. The molecule has 0 fully saturated rings. The van der Waals surface area contributed by atoms with Crippen LogP contribution in [0.5, 0.6) is 17.2 Å². The molecule has 0 atom stereocenters. The number of fused-ring (bicyclic) bond motifs is 2. The predicted molar refractivity (Wildman–Crippen MR) is 205 cm³/mol. The molecule has 0 bridgehead atoms. The number of carbonyl (C=O) groups excluding carboxylic acids is 2. The number of nitrogens with one attached hydrogen (secondary N) is 3. The normalized spacial score (nSPS) is 12.8. The van der Waals surface area contributed by atoms with Gasteiger partial charge in [0.2, 0.25) is 0 Å². The first-order chi connectivity index (χ1) is 25.1. The zero-order valence-electron chi connectivity index (χ0n) is 27.2. The van der Waals surface area contributed by atoms with Crippen molar-refractivity contribution in [1.29, 1.82) is 0 Å². The molecular weight excluding hydrogens is 848 g/mol. The van der Waals surface area contributed by atoms with Gasteiger partial charge in [-0.15, -0.1) is 0 Å². The highest BCUT2D eigenvalue weighted by atomic mass is 79.9. The van der Waals surface area contributed by atoms with Gasteiger partial charge in [0.25, 0.3) is 11.8 Å². The van der Waals surface area contributed by atoms with Crippen LogP contribution in [0.15, 0.2) is 75.9 Å². The monoisotopic (exact) mass is 873 g/mol. The van der Waals surface area contributed by atoms with Crippen molar-refractivity contribution in [3.63, 3.8) is 0 Å². The number of rotatable bonds is 14. The smallest absolute Gasteiger partial charge is 0.258 e. The van der Waals surface area contributed by atoms with E-state index in [1.807, 2.05) is 0 Å². The van der Waals surface area contributed by atoms with Crippen molar-refractivity contribution in [2.75, 3.05) is 50.7 Å². The second-order valence-corrected chi connectivity index (χ2v) is 13.7. The number of anilines is 3. The number of hydrogen-bond acceptors (Lipinski definition) is 9. The molecule has 1 aliphatic heterocycles. The van der Waals surface area contributed by atoms with E-state index in [9.17, 15) is 14.0 Å². The summed E-state index contributed by atoms with van der Waals surface area (Å²) in [4.78, 5) is 33.7. The lowest BCUT2D eigenvalue weighted by molar-refractivity contribution is -0.123. The van der Waals surface area contributed by atoms with E-state index in [0.717, 1.165) is 11.1 Å². The summed E-state index contributed by atoms with van der Waals surface area (Å²) in [6.45, 7) is 0.698. The molecule has 1 aliphatic rings. The maximum Gasteiger partial charge on any atom is 0.258 e. The summed E-state index contributed by atoms with van der Waals surface area (Å²) < 4.78 is 37.6. The van der Waals surface area contributed by atoms with Crippen LogP contribution >= 0.6 is 55.1 Å². The van der Waals surface area contributed by atoms with Gasteiger partial charge in [-0.05, 0) is 98.1 Å². The molecule has 2 amide bonds. The number of hydrogen-bond donors (Lipinski definition) is 3. The van der Waals surface area contributed by atoms with E-state index in [4.69, 9.17) is 42.1 Å². The average molecular weight is 876 g/mol. The van der Waals surface area contributed by atoms with Crippen molar-refractivity contribution in [2.24, 2.45) is 0 Å². The molecule has 0 saturated heterocycles. The molecule has 0 unspecified atom stereocenters. The number of aromatic nitrogens is 2. The Balaban J connectivity index is 0.957. The second-order valence-electron chi connectivity index (χ2n) is 11.1. The molecule has 4 aromatic carbocycles. The van der Waals surface area contributed by atoms with E-state index in [-0.39, 0.29) is 49.8 Å². The van der Waals surface area contributed by atoms with Gasteiger partial charge in [0.05, 0.1) is 39.8 Å². The van der Waals surface area contributed by atoms with Gasteiger partial charge in [-0.1, -0.05) is 23.2 Å². The number of benzene rings is 4. The van der Waals surface area contributed by atoms with Gasteiger partial charge in [0.1, 0.15) is 30.3 Å². The van der Waals surface area contributed by atoms with Crippen molar-refractivity contribution >= 4 is 107 Å². The van der Waals surface area contributed by atoms with E-state index in [2.05, 4.69) is 57.8 Å². The topological polar surface area (TPSA) is 133 Å².